The Morgan fingerprint density at radius 2 is 1.78 bits per heavy atom. The highest BCUT2D eigenvalue weighted by Crippen LogP contribution is 2.34. The number of hydrogen-bond donors (Lipinski definition) is 1. The number of nitrogens with zero attached hydrogens (tertiary/aromatic N) is 1. The van der Waals surface area contributed by atoms with Gasteiger partial charge in [0.1, 0.15) is 0 Å². The number of rotatable bonds is 2. The molecule has 0 amide bonds. The Bertz CT molecular complexity index is 274. The van der Waals surface area contributed by atoms with Crippen LogP contribution in [0.25, 0.3) is 0 Å². The molecule has 0 saturated carbocycles. The van der Waals surface area contributed by atoms with Crippen molar-refractivity contribution in [2.75, 3.05) is 13.2 Å². The Kier molecular flexibility index (Phi) is 5.18. The molecule has 0 aromatic heterocycles. The van der Waals surface area contributed by atoms with Crippen molar-refractivity contribution in [3.8, 4) is 0 Å². The summed E-state index contributed by atoms with van der Waals surface area (Å²) in [5.41, 5.74) is -0.765. The van der Waals surface area contributed by atoms with Crippen molar-refractivity contribution in [1.82, 2.24) is 5.06 Å². The zero-order valence-corrected chi connectivity index (χ0v) is 12.7. The van der Waals surface area contributed by atoms with E-state index >= 15 is 0 Å². The fourth-order valence-corrected chi connectivity index (χ4v) is 2.37. The lowest BCUT2D eigenvalue weighted by molar-refractivity contribution is -0.264. The minimum Gasteiger partial charge on any atom is -0.374 e. The van der Waals surface area contributed by atoms with Gasteiger partial charge in [-0.25, -0.2) is 0 Å². The first-order valence-electron chi connectivity index (χ1n) is 7.02. The molecule has 0 aliphatic carbocycles. The summed E-state index contributed by atoms with van der Waals surface area (Å²) in [6.07, 6.45) is 1.68. The molecule has 4 heteroatoms. The van der Waals surface area contributed by atoms with Crippen LogP contribution in [-0.2, 0) is 9.47 Å². The van der Waals surface area contributed by atoms with Gasteiger partial charge in [0.2, 0.25) is 0 Å². The molecule has 4 nitrogen and oxygen atoms in total. The van der Waals surface area contributed by atoms with Crippen LogP contribution in [0.3, 0.4) is 0 Å². The molecule has 18 heavy (non-hydrogen) atoms. The van der Waals surface area contributed by atoms with Crippen LogP contribution in [-0.4, -0.2) is 46.8 Å². The quantitative estimate of drug-likeness (QED) is 0.828. The fraction of sp³-hybridized carbons (Fsp3) is 1.00. The van der Waals surface area contributed by atoms with Gasteiger partial charge < -0.3 is 14.7 Å². The maximum Gasteiger partial charge on any atom is 0.0781 e. The predicted octanol–water partition coefficient (Wildman–Crippen LogP) is 2.84. The molecule has 1 aliphatic heterocycles. The van der Waals surface area contributed by atoms with Crippen molar-refractivity contribution in [3.63, 3.8) is 0 Å². The van der Waals surface area contributed by atoms with Gasteiger partial charge in [-0.05, 0) is 40.5 Å². The summed E-state index contributed by atoms with van der Waals surface area (Å²) in [5, 5.41) is 12.2. The van der Waals surface area contributed by atoms with Crippen molar-refractivity contribution in [3.05, 3.63) is 0 Å². The summed E-state index contributed by atoms with van der Waals surface area (Å²) < 4.78 is 11.7. The Hall–Kier alpha value is -0.160. The van der Waals surface area contributed by atoms with Crippen LogP contribution in [0.4, 0.5) is 0 Å². The standard InChI is InChI=1S/C14H29NO3/c1-7-13(5)10-18-11(3)9-17-12(4)14(6,8-2)15(13)16/h11-12,16H,7-10H2,1-6H3. The van der Waals surface area contributed by atoms with Crippen molar-refractivity contribution in [1.29, 1.82) is 0 Å². The lowest BCUT2D eigenvalue weighted by Crippen LogP contribution is -2.62. The molecular formula is C14H29NO3. The smallest absolute Gasteiger partial charge is 0.0781 e. The Morgan fingerprint density at radius 1 is 1.17 bits per heavy atom. The average molecular weight is 259 g/mol. The molecule has 0 radical (unpaired) electrons. The number of ether oxygens (including phenoxy) is 2. The van der Waals surface area contributed by atoms with Gasteiger partial charge >= 0.3 is 0 Å². The van der Waals surface area contributed by atoms with Crippen molar-refractivity contribution in [2.45, 2.75) is 77.7 Å². The summed E-state index contributed by atoms with van der Waals surface area (Å²) >= 11 is 0. The molecule has 0 bridgehead atoms. The normalized spacial score (nSPS) is 44.2. The van der Waals surface area contributed by atoms with Gasteiger partial charge in [-0.2, -0.15) is 5.06 Å². The molecule has 1 aliphatic rings. The highest BCUT2D eigenvalue weighted by atomic mass is 16.6. The molecule has 0 spiro atoms. The zero-order chi connectivity index (χ0) is 14.0. The first kappa shape index (κ1) is 15.9. The third kappa shape index (κ3) is 2.87. The van der Waals surface area contributed by atoms with Crippen LogP contribution in [0.1, 0.15) is 54.4 Å². The van der Waals surface area contributed by atoms with Gasteiger partial charge in [-0.1, -0.05) is 13.8 Å². The monoisotopic (exact) mass is 259 g/mol. The Balaban J connectivity index is 3.08. The van der Waals surface area contributed by atoms with E-state index in [4.69, 9.17) is 9.47 Å². The van der Waals surface area contributed by atoms with Gasteiger partial charge in [0.05, 0.1) is 36.5 Å². The molecule has 1 fully saturated rings. The third-order valence-corrected chi connectivity index (χ3v) is 4.61. The highest BCUT2D eigenvalue weighted by Gasteiger charge is 2.46. The first-order valence-corrected chi connectivity index (χ1v) is 7.02. The maximum absolute atomic E-state index is 10.7. The second kappa shape index (κ2) is 5.87. The van der Waals surface area contributed by atoms with Crippen LogP contribution in [0.2, 0.25) is 0 Å². The molecule has 4 atom stereocenters. The van der Waals surface area contributed by atoms with Crippen molar-refractivity contribution in [2.24, 2.45) is 0 Å². The van der Waals surface area contributed by atoms with Crippen LogP contribution < -0.4 is 0 Å². The van der Waals surface area contributed by atoms with E-state index in [9.17, 15) is 5.21 Å². The lowest BCUT2D eigenvalue weighted by atomic mass is 9.86. The van der Waals surface area contributed by atoms with Gasteiger partial charge in [0, 0.05) is 0 Å². The summed E-state index contributed by atoms with van der Waals surface area (Å²) in [6.45, 7) is 13.4. The van der Waals surface area contributed by atoms with E-state index in [1.807, 2.05) is 20.8 Å². The third-order valence-electron chi connectivity index (χ3n) is 4.61. The second-order valence-electron chi connectivity index (χ2n) is 5.97. The number of hydrogen-bond acceptors (Lipinski definition) is 4. The minimum atomic E-state index is -0.391. The van der Waals surface area contributed by atoms with E-state index in [-0.39, 0.29) is 17.7 Å². The Labute approximate surface area is 111 Å². The topological polar surface area (TPSA) is 41.9 Å². The molecule has 1 heterocycles. The van der Waals surface area contributed by atoms with E-state index in [1.165, 1.54) is 5.06 Å². The summed E-state index contributed by atoms with van der Waals surface area (Å²) in [7, 11) is 0. The second-order valence-corrected chi connectivity index (χ2v) is 5.97. The molecule has 1 saturated heterocycles. The van der Waals surface area contributed by atoms with Crippen LogP contribution in [0.15, 0.2) is 0 Å². The van der Waals surface area contributed by atoms with E-state index in [0.29, 0.717) is 13.2 Å². The van der Waals surface area contributed by atoms with Crippen LogP contribution >= 0.6 is 0 Å². The summed E-state index contributed by atoms with van der Waals surface area (Å²) in [5.74, 6) is 0. The molecule has 1 N–H and O–H groups in total. The number of hydroxylamine groups is 2. The van der Waals surface area contributed by atoms with Gasteiger partial charge in [0.15, 0.2) is 0 Å². The largest absolute Gasteiger partial charge is 0.374 e. The van der Waals surface area contributed by atoms with Gasteiger partial charge in [-0.3, -0.25) is 0 Å². The zero-order valence-electron chi connectivity index (χ0n) is 12.7. The Morgan fingerprint density at radius 3 is 2.28 bits per heavy atom. The summed E-state index contributed by atoms with van der Waals surface area (Å²) in [4.78, 5) is 0. The first-order chi connectivity index (χ1) is 8.30. The van der Waals surface area contributed by atoms with Crippen molar-refractivity contribution >= 4 is 0 Å². The SMILES string of the molecule is CCC1(C)COC(C)COC(C)C(C)(CC)N1O. The molecular weight excluding hydrogens is 230 g/mol. The lowest BCUT2D eigenvalue weighted by Gasteiger charge is -2.48. The molecule has 4 unspecified atom stereocenters. The van der Waals surface area contributed by atoms with E-state index in [1.54, 1.807) is 0 Å². The van der Waals surface area contributed by atoms with E-state index < -0.39 is 5.54 Å². The summed E-state index contributed by atoms with van der Waals surface area (Å²) in [6, 6.07) is 0. The molecule has 1 rings (SSSR count). The van der Waals surface area contributed by atoms with E-state index in [2.05, 4.69) is 20.8 Å². The maximum atomic E-state index is 10.7. The highest BCUT2D eigenvalue weighted by molar-refractivity contribution is 4.96. The van der Waals surface area contributed by atoms with Crippen LogP contribution in [0.5, 0.6) is 0 Å². The van der Waals surface area contributed by atoms with Gasteiger partial charge in [-0.15, -0.1) is 0 Å². The average Bonchev–Trinajstić information content (AvgIpc) is 2.41. The fourth-order valence-electron chi connectivity index (χ4n) is 2.37. The molecule has 108 valence electrons. The predicted molar refractivity (Wildman–Crippen MR) is 71.8 cm³/mol. The minimum absolute atomic E-state index is 0.0393. The van der Waals surface area contributed by atoms with Crippen molar-refractivity contribution < 1.29 is 14.7 Å². The molecule has 0 aromatic rings. The van der Waals surface area contributed by atoms with E-state index in [0.717, 1.165) is 12.8 Å². The molecule has 0 aromatic carbocycles. The van der Waals surface area contributed by atoms with Gasteiger partial charge in [0.25, 0.3) is 0 Å². The van der Waals surface area contributed by atoms with Crippen LogP contribution in [0, 0.1) is 0 Å².